The maximum atomic E-state index is 14.0. The number of hydrogen-bond donors (Lipinski definition) is 1. The van der Waals surface area contributed by atoms with Crippen molar-refractivity contribution in [1.82, 2.24) is 19.4 Å². The number of benzene rings is 1. The summed E-state index contributed by atoms with van der Waals surface area (Å²) in [4.78, 5) is 10.4. The second kappa shape index (κ2) is 5.49. The topological polar surface area (TPSA) is 36.9 Å². The van der Waals surface area contributed by atoms with Gasteiger partial charge in [0, 0.05) is 17.5 Å². The predicted molar refractivity (Wildman–Crippen MR) is 89.6 cm³/mol. The van der Waals surface area contributed by atoms with E-state index in [9.17, 15) is 4.39 Å². The second-order valence-corrected chi connectivity index (χ2v) is 6.54. The number of piperidine rings is 1. The maximum Gasteiger partial charge on any atom is 0.134 e. The minimum Gasteiger partial charge on any atom is -0.328 e. The van der Waals surface area contributed by atoms with E-state index in [1.165, 1.54) is 6.07 Å². The van der Waals surface area contributed by atoms with E-state index in [4.69, 9.17) is 0 Å². The largest absolute Gasteiger partial charge is 0.328 e. The molecular formula is C18H21FN4. The van der Waals surface area contributed by atoms with Crippen LogP contribution in [0, 0.1) is 12.7 Å². The molecule has 0 bridgehead atoms. The first kappa shape index (κ1) is 14.5. The number of hydrogen-bond acceptors (Lipinski definition) is 2. The van der Waals surface area contributed by atoms with Crippen LogP contribution in [0.15, 0.2) is 30.6 Å². The quantitative estimate of drug-likeness (QED) is 0.785. The lowest BCUT2D eigenvalue weighted by molar-refractivity contribution is 0.251. The van der Waals surface area contributed by atoms with Crippen molar-refractivity contribution >= 4 is 10.9 Å². The zero-order valence-electron chi connectivity index (χ0n) is 13.5. The summed E-state index contributed by atoms with van der Waals surface area (Å²) in [5, 5.41) is 0.653. The number of imidazole rings is 1. The number of nitrogens with one attached hydrogen (secondary N) is 1. The van der Waals surface area contributed by atoms with Gasteiger partial charge < -0.3 is 14.5 Å². The van der Waals surface area contributed by atoms with Crippen LogP contribution in [-0.4, -0.2) is 39.6 Å². The van der Waals surface area contributed by atoms with Crippen molar-refractivity contribution in [2.24, 2.45) is 0 Å². The van der Waals surface area contributed by atoms with Crippen molar-refractivity contribution < 1.29 is 4.39 Å². The molecule has 2 aromatic heterocycles. The van der Waals surface area contributed by atoms with E-state index in [0.717, 1.165) is 48.7 Å². The van der Waals surface area contributed by atoms with E-state index in [1.807, 2.05) is 36.0 Å². The van der Waals surface area contributed by atoms with Gasteiger partial charge in [0.2, 0.25) is 0 Å². The molecule has 1 saturated heterocycles. The third-order valence-corrected chi connectivity index (χ3v) is 4.94. The highest BCUT2D eigenvalue weighted by atomic mass is 19.1. The first-order valence-electron chi connectivity index (χ1n) is 8.13. The van der Waals surface area contributed by atoms with Crippen molar-refractivity contribution in [1.29, 1.82) is 0 Å². The molecule has 0 aliphatic carbocycles. The fourth-order valence-corrected chi connectivity index (χ4v) is 3.53. The minimum absolute atomic E-state index is 0.181. The fraction of sp³-hybridized carbons (Fsp3) is 0.389. The summed E-state index contributed by atoms with van der Waals surface area (Å²) in [6.07, 6.45) is 6.02. The summed E-state index contributed by atoms with van der Waals surface area (Å²) < 4.78 is 16.0. The lowest BCUT2D eigenvalue weighted by Crippen LogP contribution is -2.29. The Morgan fingerprint density at radius 3 is 2.78 bits per heavy atom. The summed E-state index contributed by atoms with van der Waals surface area (Å²) in [6, 6.07) is 5.18. The summed E-state index contributed by atoms with van der Waals surface area (Å²) >= 11 is 0. The van der Waals surface area contributed by atoms with Crippen molar-refractivity contribution in [2.45, 2.75) is 25.7 Å². The highest BCUT2D eigenvalue weighted by Crippen LogP contribution is 2.28. The first-order chi connectivity index (χ1) is 11.1. The monoisotopic (exact) mass is 312 g/mol. The predicted octanol–water partition coefficient (Wildman–Crippen LogP) is 3.61. The number of rotatable bonds is 2. The first-order valence-corrected chi connectivity index (χ1v) is 8.13. The molecule has 3 aromatic rings. The van der Waals surface area contributed by atoms with Crippen LogP contribution < -0.4 is 0 Å². The Morgan fingerprint density at radius 2 is 2.00 bits per heavy atom. The van der Waals surface area contributed by atoms with Gasteiger partial charge in [0.05, 0.1) is 11.7 Å². The summed E-state index contributed by atoms with van der Waals surface area (Å²) in [7, 11) is 2.16. The molecule has 5 heteroatoms. The lowest BCUT2D eigenvalue weighted by atomic mass is 9.97. The molecule has 0 amide bonds. The fourth-order valence-electron chi connectivity index (χ4n) is 3.53. The highest BCUT2D eigenvalue weighted by molar-refractivity contribution is 5.85. The van der Waals surface area contributed by atoms with Gasteiger partial charge in [-0.2, -0.15) is 0 Å². The molecular weight excluding hydrogens is 291 g/mol. The lowest BCUT2D eigenvalue weighted by Gasteiger charge is -2.27. The Kier molecular flexibility index (Phi) is 3.45. The van der Waals surface area contributed by atoms with Gasteiger partial charge in [0.25, 0.3) is 0 Å². The molecule has 0 atom stereocenters. The van der Waals surface area contributed by atoms with Gasteiger partial charge >= 0.3 is 0 Å². The second-order valence-electron chi connectivity index (χ2n) is 6.54. The average molecular weight is 312 g/mol. The van der Waals surface area contributed by atoms with Gasteiger partial charge in [-0.25, -0.2) is 9.37 Å². The van der Waals surface area contributed by atoms with Crippen LogP contribution in [0.4, 0.5) is 4.39 Å². The Hall–Kier alpha value is -2.14. The molecule has 120 valence electrons. The van der Waals surface area contributed by atoms with Gasteiger partial charge in [-0.1, -0.05) is 6.07 Å². The SMILES string of the molecule is Cc1ccc(F)c2ccn(-c3cnc(C4CCN(C)CC4)[nH]3)c12. The molecule has 1 aromatic carbocycles. The molecule has 4 nitrogen and oxygen atoms in total. The van der Waals surface area contributed by atoms with E-state index < -0.39 is 0 Å². The molecule has 1 N–H and O–H groups in total. The molecule has 0 saturated carbocycles. The van der Waals surface area contributed by atoms with Crippen LogP contribution in [0.25, 0.3) is 16.7 Å². The third-order valence-electron chi connectivity index (χ3n) is 4.94. The van der Waals surface area contributed by atoms with Gasteiger partial charge in [-0.15, -0.1) is 0 Å². The van der Waals surface area contributed by atoms with Crippen LogP contribution in [0.1, 0.15) is 30.1 Å². The molecule has 23 heavy (non-hydrogen) atoms. The molecule has 1 aliphatic rings. The zero-order valence-corrected chi connectivity index (χ0v) is 13.5. The molecule has 0 radical (unpaired) electrons. The molecule has 1 aliphatic heterocycles. The number of halogens is 1. The van der Waals surface area contributed by atoms with Crippen LogP contribution in [0.2, 0.25) is 0 Å². The van der Waals surface area contributed by atoms with Crippen molar-refractivity contribution in [3.05, 3.63) is 47.8 Å². The van der Waals surface area contributed by atoms with Crippen molar-refractivity contribution in [2.75, 3.05) is 20.1 Å². The van der Waals surface area contributed by atoms with Crippen LogP contribution in [-0.2, 0) is 0 Å². The number of nitrogens with zero attached hydrogens (tertiary/aromatic N) is 3. The van der Waals surface area contributed by atoms with Crippen molar-refractivity contribution in [3.63, 3.8) is 0 Å². The maximum absolute atomic E-state index is 14.0. The Labute approximate surface area is 134 Å². The molecule has 3 heterocycles. The summed E-state index contributed by atoms with van der Waals surface area (Å²) in [6.45, 7) is 4.22. The number of H-pyrrole nitrogens is 1. The normalized spacial score (nSPS) is 17.2. The van der Waals surface area contributed by atoms with Crippen LogP contribution in [0.5, 0.6) is 0 Å². The molecule has 1 fully saturated rings. The van der Waals surface area contributed by atoms with E-state index in [0.29, 0.717) is 11.3 Å². The van der Waals surface area contributed by atoms with Crippen molar-refractivity contribution in [3.8, 4) is 5.82 Å². The van der Waals surface area contributed by atoms with Gasteiger partial charge in [0.15, 0.2) is 0 Å². The smallest absolute Gasteiger partial charge is 0.134 e. The Bertz CT molecular complexity index is 840. The van der Waals surface area contributed by atoms with E-state index >= 15 is 0 Å². The zero-order chi connectivity index (χ0) is 16.0. The average Bonchev–Trinajstić information content (AvgIpc) is 3.18. The number of aromatic nitrogens is 3. The van der Waals surface area contributed by atoms with E-state index in [1.54, 1.807) is 0 Å². The standard InChI is InChI=1S/C18H21FN4/c1-12-3-4-15(19)14-7-10-23(17(12)14)16-11-20-18(21-16)13-5-8-22(2)9-6-13/h3-4,7,10-11,13H,5-6,8-9H2,1-2H3,(H,20,21). The highest BCUT2D eigenvalue weighted by Gasteiger charge is 2.21. The molecule has 4 rings (SSSR count). The van der Waals surface area contributed by atoms with E-state index in [-0.39, 0.29) is 5.82 Å². The van der Waals surface area contributed by atoms with E-state index in [2.05, 4.69) is 21.9 Å². The van der Waals surface area contributed by atoms with Gasteiger partial charge in [-0.3, -0.25) is 0 Å². The Morgan fingerprint density at radius 1 is 1.22 bits per heavy atom. The minimum atomic E-state index is -0.181. The Balaban J connectivity index is 1.71. The molecule has 0 unspecified atom stereocenters. The number of aryl methyl sites for hydroxylation is 1. The summed E-state index contributed by atoms with van der Waals surface area (Å²) in [5.74, 6) is 2.26. The van der Waals surface area contributed by atoms with Gasteiger partial charge in [-0.05, 0) is 57.6 Å². The molecule has 0 spiro atoms. The third kappa shape index (κ3) is 2.45. The van der Waals surface area contributed by atoms with Gasteiger partial charge in [0.1, 0.15) is 17.5 Å². The van der Waals surface area contributed by atoms with Crippen LogP contribution >= 0.6 is 0 Å². The number of likely N-dealkylation sites (tertiary alicyclic amines) is 1. The number of fused-ring (bicyclic) bond motifs is 1. The van der Waals surface area contributed by atoms with Crippen LogP contribution in [0.3, 0.4) is 0 Å². The summed E-state index contributed by atoms with van der Waals surface area (Å²) in [5.41, 5.74) is 1.96. The number of aromatic amines is 1.